The van der Waals surface area contributed by atoms with E-state index in [1.54, 1.807) is 11.3 Å². The molecular formula is C21H26N6S. The first-order valence-electron chi connectivity index (χ1n) is 9.79. The monoisotopic (exact) mass is 394 g/mol. The summed E-state index contributed by atoms with van der Waals surface area (Å²) in [6.07, 6.45) is 9.15. The van der Waals surface area contributed by atoms with Crippen LogP contribution in [0.5, 0.6) is 0 Å². The molecule has 1 saturated heterocycles. The van der Waals surface area contributed by atoms with E-state index in [1.807, 2.05) is 31.6 Å². The Morgan fingerprint density at radius 2 is 2.18 bits per heavy atom. The molecule has 6 nitrogen and oxygen atoms in total. The number of aryl methyl sites for hydroxylation is 2. The first kappa shape index (κ1) is 19.0. The van der Waals surface area contributed by atoms with Crippen LogP contribution in [-0.2, 0) is 13.0 Å². The molecule has 0 aromatic carbocycles. The van der Waals surface area contributed by atoms with E-state index < -0.39 is 0 Å². The fraction of sp³-hybridized carbons (Fsp3) is 0.429. The zero-order valence-corrected chi connectivity index (χ0v) is 17.2. The lowest BCUT2D eigenvalue weighted by molar-refractivity contribution is 0.166. The predicted molar refractivity (Wildman–Crippen MR) is 113 cm³/mol. The van der Waals surface area contributed by atoms with E-state index in [-0.39, 0.29) is 0 Å². The highest BCUT2D eigenvalue weighted by molar-refractivity contribution is 7.15. The van der Waals surface area contributed by atoms with Gasteiger partial charge in [0.1, 0.15) is 11.6 Å². The van der Waals surface area contributed by atoms with Gasteiger partial charge in [0.15, 0.2) is 5.13 Å². The summed E-state index contributed by atoms with van der Waals surface area (Å²) in [6.45, 7) is 7.25. The van der Waals surface area contributed by atoms with Gasteiger partial charge in [-0.2, -0.15) is 0 Å². The van der Waals surface area contributed by atoms with E-state index in [1.165, 1.54) is 23.3 Å². The van der Waals surface area contributed by atoms with Crippen LogP contribution in [0.3, 0.4) is 0 Å². The lowest BCUT2D eigenvalue weighted by Crippen LogP contribution is -2.35. The molecule has 0 unspecified atom stereocenters. The van der Waals surface area contributed by atoms with Gasteiger partial charge < -0.3 is 5.32 Å². The topological polar surface area (TPSA) is 66.8 Å². The molecule has 0 radical (unpaired) electrons. The highest BCUT2D eigenvalue weighted by atomic mass is 32.1. The van der Waals surface area contributed by atoms with Gasteiger partial charge in [-0.05, 0) is 57.2 Å². The van der Waals surface area contributed by atoms with Crippen LogP contribution in [0.1, 0.15) is 34.8 Å². The maximum absolute atomic E-state index is 4.69. The molecule has 4 rings (SSSR count). The van der Waals surface area contributed by atoms with Crippen LogP contribution in [0.2, 0.25) is 0 Å². The molecule has 1 fully saturated rings. The molecule has 0 amide bonds. The quantitative estimate of drug-likeness (QED) is 0.678. The van der Waals surface area contributed by atoms with Crippen molar-refractivity contribution in [3.63, 3.8) is 0 Å². The maximum atomic E-state index is 4.69. The summed E-state index contributed by atoms with van der Waals surface area (Å²) in [4.78, 5) is 21.5. The number of anilines is 2. The van der Waals surface area contributed by atoms with Crippen molar-refractivity contribution in [2.75, 3.05) is 18.4 Å². The first-order chi connectivity index (χ1) is 13.6. The maximum Gasteiger partial charge on any atom is 0.188 e. The Kier molecular flexibility index (Phi) is 5.92. The molecule has 0 saturated carbocycles. The van der Waals surface area contributed by atoms with Gasteiger partial charge in [-0.1, -0.05) is 6.07 Å². The molecule has 3 aromatic heterocycles. The fourth-order valence-electron chi connectivity index (χ4n) is 3.83. The molecule has 7 heteroatoms. The van der Waals surface area contributed by atoms with Crippen LogP contribution in [-0.4, -0.2) is 37.9 Å². The third-order valence-electron chi connectivity index (χ3n) is 4.98. The zero-order valence-electron chi connectivity index (χ0n) is 16.4. The number of rotatable bonds is 6. The van der Waals surface area contributed by atoms with E-state index in [0.717, 1.165) is 48.5 Å². The van der Waals surface area contributed by atoms with Gasteiger partial charge in [0.05, 0.1) is 0 Å². The van der Waals surface area contributed by atoms with Gasteiger partial charge in [-0.25, -0.2) is 15.0 Å². The Balaban J connectivity index is 1.40. The number of pyridine rings is 1. The molecular weight excluding hydrogens is 368 g/mol. The third-order valence-corrected chi connectivity index (χ3v) is 5.81. The zero-order chi connectivity index (χ0) is 19.3. The van der Waals surface area contributed by atoms with Crippen LogP contribution >= 0.6 is 11.3 Å². The summed E-state index contributed by atoms with van der Waals surface area (Å²) in [5, 5.41) is 4.20. The Hall–Kier alpha value is -2.38. The predicted octanol–water partition coefficient (Wildman–Crippen LogP) is 4.14. The normalized spacial score (nSPS) is 17.6. The van der Waals surface area contributed by atoms with Crippen molar-refractivity contribution in [3.05, 3.63) is 58.7 Å². The molecule has 1 N–H and O–H groups in total. The fourth-order valence-corrected chi connectivity index (χ4v) is 4.50. The number of piperidine rings is 1. The Morgan fingerprint density at radius 3 is 2.96 bits per heavy atom. The summed E-state index contributed by atoms with van der Waals surface area (Å²) in [5.74, 6) is 2.26. The van der Waals surface area contributed by atoms with Crippen molar-refractivity contribution in [2.45, 2.75) is 39.7 Å². The molecule has 4 heterocycles. The van der Waals surface area contributed by atoms with Crippen molar-refractivity contribution in [1.82, 2.24) is 24.8 Å². The third kappa shape index (κ3) is 5.11. The van der Waals surface area contributed by atoms with Crippen LogP contribution in [0.4, 0.5) is 10.9 Å². The molecule has 28 heavy (non-hydrogen) atoms. The molecule has 146 valence electrons. The summed E-state index contributed by atoms with van der Waals surface area (Å²) < 4.78 is 0. The van der Waals surface area contributed by atoms with E-state index in [0.29, 0.717) is 5.92 Å². The molecule has 1 aliphatic heterocycles. The number of hydrogen-bond donors (Lipinski definition) is 1. The molecule has 0 spiro atoms. The Bertz CT molecular complexity index is 910. The van der Waals surface area contributed by atoms with Crippen LogP contribution in [0.15, 0.2) is 36.8 Å². The average Bonchev–Trinajstić information content (AvgIpc) is 3.07. The smallest absolute Gasteiger partial charge is 0.188 e. The van der Waals surface area contributed by atoms with Crippen molar-refractivity contribution in [2.24, 2.45) is 5.92 Å². The number of aromatic nitrogens is 4. The van der Waals surface area contributed by atoms with Crippen molar-refractivity contribution in [1.29, 1.82) is 0 Å². The molecule has 0 aliphatic carbocycles. The second-order valence-corrected chi connectivity index (χ2v) is 8.74. The van der Waals surface area contributed by atoms with Gasteiger partial charge in [0.25, 0.3) is 0 Å². The number of nitrogens with one attached hydrogen (secondary N) is 1. The van der Waals surface area contributed by atoms with Crippen LogP contribution in [0, 0.1) is 19.8 Å². The standard InChI is InChI=1S/C21H26N6S/c1-15-11-23-21(28-15)26-20-10-19(24-16(2)25-20)9-17-6-4-8-27(13-17)14-18-5-3-7-22-12-18/h3,5,7,10-12,17H,4,6,8-9,13-14H2,1-2H3,(H,23,24,25,26)/t17-/m1/s1. The van der Waals surface area contributed by atoms with Crippen LogP contribution in [0.25, 0.3) is 0 Å². The van der Waals surface area contributed by atoms with Crippen LogP contribution < -0.4 is 5.32 Å². The van der Waals surface area contributed by atoms with Gasteiger partial charge in [-0.3, -0.25) is 9.88 Å². The minimum atomic E-state index is 0.620. The van der Waals surface area contributed by atoms with Gasteiger partial charge in [0.2, 0.25) is 0 Å². The molecule has 1 aliphatic rings. The number of hydrogen-bond acceptors (Lipinski definition) is 7. The summed E-state index contributed by atoms with van der Waals surface area (Å²) >= 11 is 1.64. The van der Waals surface area contributed by atoms with Crippen molar-refractivity contribution in [3.8, 4) is 0 Å². The van der Waals surface area contributed by atoms with E-state index >= 15 is 0 Å². The molecule has 0 bridgehead atoms. The summed E-state index contributed by atoms with van der Waals surface area (Å²) in [7, 11) is 0. The second kappa shape index (κ2) is 8.75. The minimum absolute atomic E-state index is 0.620. The van der Waals surface area contributed by atoms with Gasteiger partial charge in [-0.15, -0.1) is 11.3 Å². The first-order valence-corrected chi connectivity index (χ1v) is 10.6. The average molecular weight is 395 g/mol. The van der Waals surface area contributed by atoms with Crippen molar-refractivity contribution >= 4 is 22.3 Å². The summed E-state index contributed by atoms with van der Waals surface area (Å²) in [5.41, 5.74) is 2.39. The highest BCUT2D eigenvalue weighted by Gasteiger charge is 2.21. The number of likely N-dealkylation sites (tertiary alicyclic amines) is 1. The van der Waals surface area contributed by atoms with E-state index in [9.17, 15) is 0 Å². The van der Waals surface area contributed by atoms with Crippen molar-refractivity contribution < 1.29 is 0 Å². The lowest BCUT2D eigenvalue weighted by atomic mass is 9.93. The number of nitrogens with zero attached hydrogens (tertiary/aromatic N) is 5. The Labute approximate surface area is 170 Å². The van der Waals surface area contributed by atoms with E-state index in [4.69, 9.17) is 0 Å². The largest absolute Gasteiger partial charge is 0.316 e. The second-order valence-electron chi connectivity index (χ2n) is 7.50. The number of thiazole rings is 1. The Morgan fingerprint density at radius 1 is 1.25 bits per heavy atom. The van der Waals surface area contributed by atoms with Gasteiger partial charge >= 0.3 is 0 Å². The SMILES string of the molecule is Cc1nc(C[C@H]2CCCN(Cc3cccnc3)C2)cc(Nc2ncc(C)s2)n1. The van der Waals surface area contributed by atoms with Gasteiger partial charge in [0, 0.05) is 48.3 Å². The van der Waals surface area contributed by atoms with E-state index in [2.05, 4.69) is 49.2 Å². The molecule has 3 aromatic rings. The molecule has 1 atom stereocenters. The highest BCUT2D eigenvalue weighted by Crippen LogP contribution is 2.24. The lowest BCUT2D eigenvalue weighted by Gasteiger charge is -2.32. The minimum Gasteiger partial charge on any atom is -0.316 e. The summed E-state index contributed by atoms with van der Waals surface area (Å²) in [6, 6.07) is 6.24.